The predicted molar refractivity (Wildman–Crippen MR) is 53.8 cm³/mol. The lowest BCUT2D eigenvalue weighted by molar-refractivity contribution is 0.508. The lowest BCUT2D eigenvalue weighted by Crippen LogP contribution is -2.46. The van der Waals surface area contributed by atoms with Crippen molar-refractivity contribution >= 4 is 32.0 Å². The van der Waals surface area contributed by atoms with Crippen molar-refractivity contribution in [3.05, 3.63) is 10.7 Å². The fourth-order valence-electron chi connectivity index (χ4n) is 0.933. The van der Waals surface area contributed by atoms with E-state index in [4.69, 9.17) is 5.41 Å². The van der Waals surface area contributed by atoms with Crippen molar-refractivity contribution in [2.24, 2.45) is 0 Å². The maximum absolute atomic E-state index is 11.3. The van der Waals surface area contributed by atoms with Gasteiger partial charge in [0.05, 0.1) is 4.48 Å². The van der Waals surface area contributed by atoms with Crippen LogP contribution in [-0.4, -0.2) is 25.1 Å². The van der Waals surface area contributed by atoms with Gasteiger partial charge in [-0.1, -0.05) is 6.92 Å². The molecule has 0 aliphatic carbocycles. The third kappa shape index (κ3) is 2.02. The van der Waals surface area contributed by atoms with Crippen molar-refractivity contribution in [1.82, 2.24) is 9.03 Å². The van der Waals surface area contributed by atoms with E-state index in [0.29, 0.717) is 17.4 Å². The van der Waals surface area contributed by atoms with Gasteiger partial charge in [-0.15, -0.1) is 0 Å². The molecular formula is C6H10BrN3O2S. The summed E-state index contributed by atoms with van der Waals surface area (Å²) in [7, 11) is -3.52. The first-order valence-electron chi connectivity index (χ1n) is 3.73. The van der Waals surface area contributed by atoms with Gasteiger partial charge in [-0.3, -0.25) is 10.1 Å². The molecule has 1 aliphatic heterocycles. The SMILES string of the molecule is CCCN1C(=N)C(Br)=CNS1(=O)=O. The van der Waals surface area contributed by atoms with E-state index in [-0.39, 0.29) is 5.84 Å². The molecule has 0 saturated carbocycles. The molecule has 0 bridgehead atoms. The molecule has 0 radical (unpaired) electrons. The van der Waals surface area contributed by atoms with Crippen LogP contribution in [0.25, 0.3) is 0 Å². The molecule has 0 aromatic heterocycles. The van der Waals surface area contributed by atoms with E-state index in [1.54, 1.807) is 0 Å². The number of halogens is 1. The van der Waals surface area contributed by atoms with Crippen molar-refractivity contribution in [2.45, 2.75) is 13.3 Å². The van der Waals surface area contributed by atoms with Crippen LogP contribution in [0.3, 0.4) is 0 Å². The molecule has 0 spiro atoms. The standard InChI is InChI=1S/C6H10BrN3O2S/c1-2-3-10-6(8)5(7)4-9-13(10,11)12/h4,8-9H,2-3H2,1H3. The van der Waals surface area contributed by atoms with Gasteiger partial charge < -0.3 is 0 Å². The molecule has 1 heterocycles. The zero-order valence-corrected chi connectivity index (χ0v) is 9.44. The first-order valence-corrected chi connectivity index (χ1v) is 5.97. The second-order valence-electron chi connectivity index (χ2n) is 2.54. The molecule has 0 atom stereocenters. The third-order valence-electron chi connectivity index (χ3n) is 1.53. The van der Waals surface area contributed by atoms with Gasteiger partial charge in [0.15, 0.2) is 5.84 Å². The van der Waals surface area contributed by atoms with Crippen LogP contribution >= 0.6 is 15.9 Å². The molecule has 74 valence electrons. The summed E-state index contributed by atoms with van der Waals surface area (Å²) in [4.78, 5) is 0. The number of rotatable bonds is 2. The minimum Gasteiger partial charge on any atom is -0.283 e. The first kappa shape index (κ1) is 10.5. The fourth-order valence-corrected chi connectivity index (χ4v) is 2.69. The summed E-state index contributed by atoms with van der Waals surface area (Å²) < 4.78 is 26.4. The Labute approximate surface area is 85.6 Å². The van der Waals surface area contributed by atoms with Crippen molar-refractivity contribution in [1.29, 1.82) is 5.41 Å². The van der Waals surface area contributed by atoms with E-state index in [1.165, 1.54) is 6.20 Å². The van der Waals surface area contributed by atoms with Crippen LogP contribution in [0.1, 0.15) is 13.3 Å². The fraction of sp³-hybridized carbons (Fsp3) is 0.500. The monoisotopic (exact) mass is 267 g/mol. The Hall–Kier alpha value is -0.560. The molecule has 0 aromatic carbocycles. The Morgan fingerprint density at radius 3 is 2.85 bits per heavy atom. The Morgan fingerprint density at radius 2 is 2.31 bits per heavy atom. The minimum atomic E-state index is -3.52. The van der Waals surface area contributed by atoms with Gasteiger partial charge in [0, 0.05) is 12.7 Å². The smallest absolute Gasteiger partial charge is 0.283 e. The summed E-state index contributed by atoms with van der Waals surface area (Å²) in [5.74, 6) is -0.0272. The van der Waals surface area contributed by atoms with Crippen LogP contribution in [-0.2, 0) is 10.2 Å². The molecule has 13 heavy (non-hydrogen) atoms. The zero-order valence-electron chi connectivity index (χ0n) is 7.04. The number of nitrogens with one attached hydrogen (secondary N) is 2. The van der Waals surface area contributed by atoms with Crippen LogP contribution in [0.4, 0.5) is 0 Å². The summed E-state index contributed by atoms with van der Waals surface area (Å²) in [6.45, 7) is 2.17. The number of nitrogens with zero attached hydrogens (tertiary/aromatic N) is 1. The Balaban J connectivity index is 3.02. The second kappa shape index (κ2) is 3.67. The quantitative estimate of drug-likeness (QED) is 0.776. The number of hydrogen-bond acceptors (Lipinski definition) is 3. The minimum absolute atomic E-state index is 0.0272. The highest BCUT2D eigenvalue weighted by molar-refractivity contribution is 9.12. The summed E-state index contributed by atoms with van der Waals surface area (Å²) in [6, 6.07) is 0. The molecule has 7 heteroatoms. The van der Waals surface area contributed by atoms with Gasteiger partial charge in [-0.2, -0.15) is 8.42 Å². The molecule has 0 amide bonds. The van der Waals surface area contributed by atoms with E-state index in [2.05, 4.69) is 20.7 Å². The maximum Gasteiger partial charge on any atom is 0.324 e. The van der Waals surface area contributed by atoms with Crippen molar-refractivity contribution in [3.8, 4) is 0 Å². The van der Waals surface area contributed by atoms with E-state index >= 15 is 0 Å². The molecular weight excluding hydrogens is 258 g/mol. The van der Waals surface area contributed by atoms with Gasteiger partial charge in [-0.25, -0.2) is 4.31 Å². The Kier molecular flexibility index (Phi) is 2.97. The predicted octanol–water partition coefficient (Wildman–Crippen LogP) is 0.760. The van der Waals surface area contributed by atoms with Crippen LogP contribution < -0.4 is 4.72 Å². The van der Waals surface area contributed by atoms with Crippen molar-refractivity contribution in [3.63, 3.8) is 0 Å². The summed E-state index contributed by atoms with van der Waals surface area (Å²) in [5, 5.41) is 7.50. The number of hydrogen-bond donors (Lipinski definition) is 2. The van der Waals surface area contributed by atoms with Crippen LogP contribution in [0.5, 0.6) is 0 Å². The maximum atomic E-state index is 11.3. The lowest BCUT2D eigenvalue weighted by atomic mass is 10.4. The largest absolute Gasteiger partial charge is 0.324 e. The molecule has 5 nitrogen and oxygen atoms in total. The van der Waals surface area contributed by atoms with E-state index in [0.717, 1.165) is 4.31 Å². The van der Waals surface area contributed by atoms with Crippen molar-refractivity contribution < 1.29 is 8.42 Å². The first-order chi connectivity index (χ1) is 5.99. The molecule has 0 fully saturated rings. The van der Waals surface area contributed by atoms with Gasteiger partial charge in [0.25, 0.3) is 0 Å². The topological polar surface area (TPSA) is 73.3 Å². The molecule has 0 unspecified atom stereocenters. The van der Waals surface area contributed by atoms with E-state index in [9.17, 15) is 8.42 Å². The summed E-state index contributed by atoms with van der Waals surface area (Å²) in [5.41, 5.74) is 0. The Bertz CT molecular complexity index is 349. The van der Waals surface area contributed by atoms with Crippen LogP contribution in [0, 0.1) is 5.41 Å². The number of amidine groups is 1. The molecule has 0 saturated heterocycles. The lowest BCUT2D eigenvalue weighted by Gasteiger charge is -2.27. The third-order valence-corrected chi connectivity index (χ3v) is 3.49. The molecule has 1 aliphatic rings. The van der Waals surface area contributed by atoms with Crippen LogP contribution in [0.15, 0.2) is 10.7 Å². The van der Waals surface area contributed by atoms with Gasteiger partial charge in [-0.05, 0) is 22.4 Å². The highest BCUT2D eigenvalue weighted by Crippen LogP contribution is 2.17. The molecule has 1 rings (SSSR count). The summed E-state index contributed by atoms with van der Waals surface area (Å²) >= 11 is 3.08. The second-order valence-corrected chi connectivity index (χ2v) is 5.02. The summed E-state index contributed by atoms with van der Waals surface area (Å²) in [6.07, 6.45) is 1.92. The normalized spacial score (nSPS) is 20.9. The highest BCUT2D eigenvalue weighted by atomic mass is 79.9. The average Bonchev–Trinajstić information content (AvgIpc) is 2.07. The van der Waals surface area contributed by atoms with Crippen LogP contribution in [0.2, 0.25) is 0 Å². The van der Waals surface area contributed by atoms with Gasteiger partial charge in [0.1, 0.15) is 0 Å². The average molecular weight is 268 g/mol. The van der Waals surface area contributed by atoms with E-state index in [1.807, 2.05) is 6.92 Å². The zero-order chi connectivity index (χ0) is 10.1. The Morgan fingerprint density at radius 1 is 1.69 bits per heavy atom. The molecule has 2 N–H and O–H groups in total. The van der Waals surface area contributed by atoms with Gasteiger partial charge in [0.2, 0.25) is 0 Å². The van der Waals surface area contributed by atoms with Crippen molar-refractivity contribution in [2.75, 3.05) is 6.54 Å². The van der Waals surface area contributed by atoms with E-state index < -0.39 is 10.2 Å². The van der Waals surface area contributed by atoms with Gasteiger partial charge >= 0.3 is 10.2 Å². The molecule has 0 aromatic rings. The highest BCUT2D eigenvalue weighted by Gasteiger charge is 2.28.